The fraction of sp³-hybridized carbons (Fsp3) is 0.727. The molecule has 0 aliphatic rings. The number of rotatable bonds is 23. The predicted molar refractivity (Wildman–Crippen MR) is 161 cm³/mol. The number of unbranched alkanes of at least 4 members (excludes halogenated alkanes) is 12. The highest BCUT2D eigenvalue weighted by molar-refractivity contribution is 5.89. The summed E-state index contributed by atoms with van der Waals surface area (Å²) in [6.45, 7) is 11.3. The molecular weight excluding hydrogens is 474 g/mol. The zero-order valence-corrected chi connectivity index (χ0v) is 25.0. The van der Waals surface area contributed by atoms with Gasteiger partial charge < -0.3 is 18.8 Å². The van der Waals surface area contributed by atoms with Crippen molar-refractivity contribution in [2.24, 2.45) is 0 Å². The van der Waals surface area contributed by atoms with Gasteiger partial charge in [0.05, 0.1) is 25.3 Å². The Morgan fingerprint density at radius 1 is 0.579 bits per heavy atom. The molecule has 0 bridgehead atoms. The molecule has 0 aliphatic heterocycles. The van der Waals surface area contributed by atoms with Crippen molar-refractivity contribution >= 4 is 10.9 Å². The van der Waals surface area contributed by atoms with E-state index < -0.39 is 0 Å². The van der Waals surface area contributed by atoms with Gasteiger partial charge >= 0.3 is 0 Å². The van der Waals surface area contributed by atoms with Gasteiger partial charge in [-0.05, 0) is 37.8 Å². The van der Waals surface area contributed by atoms with Gasteiger partial charge in [0.2, 0.25) is 5.75 Å². The number of hydrogen-bond acceptors (Lipinski definition) is 4. The van der Waals surface area contributed by atoms with Gasteiger partial charge in [-0.2, -0.15) is 0 Å². The fourth-order valence-electron chi connectivity index (χ4n) is 4.76. The second kappa shape index (κ2) is 19.8. The molecule has 0 unspecified atom stereocenters. The summed E-state index contributed by atoms with van der Waals surface area (Å²) in [7, 11) is 0. The van der Waals surface area contributed by atoms with Gasteiger partial charge in [-0.3, -0.25) is 4.79 Å². The van der Waals surface area contributed by atoms with Crippen molar-refractivity contribution in [1.82, 2.24) is 4.57 Å². The van der Waals surface area contributed by atoms with Crippen LogP contribution in [0.5, 0.6) is 17.2 Å². The van der Waals surface area contributed by atoms with Gasteiger partial charge in [-0.15, -0.1) is 0 Å². The Morgan fingerprint density at radius 2 is 1.08 bits per heavy atom. The summed E-state index contributed by atoms with van der Waals surface area (Å²) in [6, 6.07) is 6.09. The molecule has 0 atom stereocenters. The Kier molecular flexibility index (Phi) is 16.7. The van der Waals surface area contributed by atoms with Crippen LogP contribution in [0.1, 0.15) is 130 Å². The second-order valence-electron chi connectivity index (χ2n) is 10.6. The standard InChI is InChI=1S/C33H55NO4/c1-5-9-13-16-17-20-26-38-32-31(37-25-19-15-11-7-3)29-22-21-28(36-24-18-14-10-6-2)27-30(29)34(33(32)35)23-12-8-4/h21-22,27H,5-20,23-26H2,1-4H3. The maximum Gasteiger partial charge on any atom is 0.297 e. The summed E-state index contributed by atoms with van der Waals surface area (Å²) < 4.78 is 20.5. The summed E-state index contributed by atoms with van der Waals surface area (Å²) in [5.74, 6) is 1.80. The van der Waals surface area contributed by atoms with Gasteiger partial charge in [0.1, 0.15) is 5.75 Å². The van der Waals surface area contributed by atoms with Crippen LogP contribution < -0.4 is 19.8 Å². The monoisotopic (exact) mass is 529 g/mol. The van der Waals surface area contributed by atoms with Crippen molar-refractivity contribution in [3.8, 4) is 17.2 Å². The zero-order chi connectivity index (χ0) is 27.4. The van der Waals surface area contributed by atoms with E-state index in [-0.39, 0.29) is 5.56 Å². The predicted octanol–water partition coefficient (Wildman–Crippen LogP) is 9.46. The van der Waals surface area contributed by atoms with Crippen LogP contribution in [-0.2, 0) is 6.54 Å². The van der Waals surface area contributed by atoms with Crippen LogP contribution in [0.25, 0.3) is 10.9 Å². The molecule has 0 fully saturated rings. The molecule has 0 aliphatic carbocycles. The highest BCUT2D eigenvalue weighted by Gasteiger charge is 2.20. The van der Waals surface area contributed by atoms with Gasteiger partial charge in [0, 0.05) is 18.0 Å². The molecule has 0 amide bonds. The van der Waals surface area contributed by atoms with Crippen LogP contribution in [0.2, 0.25) is 0 Å². The third-order valence-corrected chi connectivity index (χ3v) is 7.14. The molecule has 0 N–H and O–H groups in total. The van der Waals surface area contributed by atoms with Crippen molar-refractivity contribution < 1.29 is 14.2 Å². The van der Waals surface area contributed by atoms with Crippen LogP contribution >= 0.6 is 0 Å². The summed E-state index contributed by atoms with van der Waals surface area (Å²) in [5.41, 5.74) is 0.797. The molecule has 38 heavy (non-hydrogen) atoms. The first kappa shape index (κ1) is 32.0. The quantitative estimate of drug-likeness (QED) is 0.135. The van der Waals surface area contributed by atoms with E-state index in [0.717, 1.165) is 61.6 Å². The topological polar surface area (TPSA) is 49.7 Å². The van der Waals surface area contributed by atoms with Crippen molar-refractivity contribution in [2.75, 3.05) is 19.8 Å². The van der Waals surface area contributed by atoms with Crippen molar-refractivity contribution in [1.29, 1.82) is 0 Å². The van der Waals surface area contributed by atoms with Gasteiger partial charge in [-0.25, -0.2) is 0 Å². The molecule has 216 valence electrons. The van der Waals surface area contributed by atoms with E-state index in [4.69, 9.17) is 14.2 Å². The lowest BCUT2D eigenvalue weighted by Crippen LogP contribution is -2.24. The van der Waals surface area contributed by atoms with Crippen molar-refractivity contribution in [2.45, 2.75) is 137 Å². The molecule has 1 aromatic carbocycles. The lowest BCUT2D eigenvalue weighted by molar-refractivity contribution is 0.256. The molecular formula is C33H55NO4. The highest BCUT2D eigenvalue weighted by Crippen LogP contribution is 2.35. The minimum Gasteiger partial charge on any atom is -0.494 e. The zero-order valence-electron chi connectivity index (χ0n) is 25.0. The number of ether oxygens (including phenoxy) is 3. The van der Waals surface area contributed by atoms with Crippen LogP contribution in [0.3, 0.4) is 0 Å². The Hall–Kier alpha value is -2.17. The van der Waals surface area contributed by atoms with E-state index in [2.05, 4.69) is 33.8 Å². The molecule has 5 heteroatoms. The van der Waals surface area contributed by atoms with Crippen LogP contribution in [0.15, 0.2) is 23.0 Å². The van der Waals surface area contributed by atoms with Crippen LogP contribution in [0.4, 0.5) is 0 Å². The van der Waals surface area contributed by atoms with Gasteiger partial charge in [-0.1, -0.05) is 105 Å². The number of aryl methyl sites for hydroxylation is 1. The lowest BCUT2D eigenvalue weighted by Gasteiger charge is -2.19. The van der Waals surface area contributed by atoms with E-state index in [1.54, 1.807) is 0 Å². The molecule has 1 aromatic heterocycles. The highest BCUT2D eigenvalue weighted by atomic mass is 16.5. The smallest absolute Gasteiger partial charge is 0.297 e. The largest absolute Gasteiger partial charge is 0.494 e. The Balaban J connectivity index is 2.33. The number of hydrogen-bond donors (Lipinski definition) is 0. The number of nitrogens with zero attached hydrogens (tertiary/aromatic N) is 1. The van der Waals surface area contributed by atoms with Crippen molar-refractivity contribution in [3.63, 3.8) is 0 Å². The molecule has 0 radical (unpaired) electrons. The number of fused-ring (bicyclic) bond motifs is 1. The molecule has 2 aromatic rings. The average molecular weight is 530 g/mol. The third kappa shape index (κ3) is 10.9. The third-order valence-electron chi connectivity index (χ3n) is 7.14. The van der Waals surface area contributed by atoms with E-state index in [1.807, 2.05) is 16.7 Å². The van der Waals surface area contributed by atoms with E-state index in [1.165, 1.54) is 57.8 Å². The van der Waals surface area contributed by atoms with Crippen LogP contribution in [-0.4, -0.2) is 24.4 Å². The molecule has 2 rings (SSSR count). The summed E-state index contributed by atoms with van der Waals surface area (Å²) in [6.07, 6.45) is 18.2. The SMILES string of the molecule is CCCCCCCCOc1c(OCCCCCC)c2ccc(OCCCCCC)cc2n(CCCC)c1=O. The lowest BCUT2D eigenvalue weighted by atomic mass is 10.1. The Labute approximate surface area is 232 Å². The first-order chi connectivity index (χ1) is 18.7. The van der Waals surface area contributed by atoms with Crippen LogP contribution in [0, 0.1) is 0 Å². The molecule has 0 saturated carbocycles. The molecule has 5 nitrogen and oxygen atoms in total. The summed E-state index contributed by atoms with van der Waals surface area (Å²) >= 11 is 0. The van der Waals surface area contributed by atoms with Gasteiger partial charge in [0.15, 0.2) is 5.75 Å². The first-order valence-electron chi connectivity index (χ1n) is 15.8. The number of benzene rings is 1. The first-order valence-corrected chi connectivity index (χ1v) is 15.8. The number of pyridine rings is 1. The maximum absolute atomic E-state index is 13.8. The summed E-state index contributed by atoms with van der Waals surface area (Å²) in [5, 5.41) is 0.937. The maximum atomic E-state index is 13.8. The Morgan fingerprint density at radius 3 is 1.68 bits per heavy atom. The molecule has 1 heterocycles. The van der Waals surface area contributed by atoms with Crippen molar-refractivity contribution in [3.05, 3.63) is 28.6 Å². The van der Waals surface area contributed by atoms with E-state index in [0.29, 0.717) is 37.9 Å². The summed E-state index contributed by atoms with van der Waals surface area (Å²) in [4.78, 5) is 13.8. The average Bonchev–Trinajstić information content (AvgIpc) is 2.93. The number of aromatic nitrogens is 1. The molecule has 0 saturated heterocycles. The Bertz CT molecular complexity index is 952. The van der Waals surface area contributed by atoms with E-state index >= 15 is 0 Å². The minimum absolute atomic E-state index is 0.0828. The normalized spacial score (nSPS) is 11.3. The fourth-order valence-corrected chi connectivity index (χ4v) is 4.76. The minimum atomic E-state index is -0.0828. The van der Waals surface area contributed by atoms with E-state index in [9.17, 15) is 4.79 Å². The second-order valence-corrected chi connectivity index (χ2v) is 10.6. The van der Waals surface area contributed by atoms with Gasteiger partial charge in [0.25, 0.3) is 5.56 Å². The molecule has 0 spiro atoms.